The van der Waals surface area contributed by atoms with Crippen molar-refractivity contribution >= 4 is 5.97 Å². The molecule has 0 bridgehead atoms. The molecule has 1 aliphatic heterocycles. The monoisotopic (exact) mass is 356 g/mol. The number of ether oxygens (including phenoxy) is 2. The summed E-state index contributed by atoms with van der Waals surface area (Å²) in [6, 6.07) is 0. The van der Waals surface area contributed by atoms with Crippen LogP contribution in [-0.4, -0.2) is 21.7 Å². The van der Waals surface area contributed by atoms with E-state index in [1.54, 1.807) is 0 Å². The minimum Gasteiger partial charge on any atom is -0.443 e. The van der Waals surface area contributed by atoms with E-state index in [4.69, 9.17) is 9.47 Å². The van der Waals surface area contributed by atoms with Crippen molar-refractivity contribution < 1.29 is 18.7 Å². The van der Waals surface area contributed by atoms with Crippen LogP contribution in [0.15, 0.2) is 15.8 Å². The lowest BCUT2D eigenvalue weighted by Gasteiger charge is -2.17. The van der Waals surface area contributed by atoms with Gasteiger partial charge >= 0.3 is 11.7 Å². The Kier molecular flexibility index (Phi) is 6.92. The molecule has 2 rings (SSSR count). The lowest BCUT2D eigenvalue weighted by Crippen LogP contribution is -2.43. The van der Waals surface area contributed by atoms with Crippen molar-refractivity contribution in [3.8, 4) is 0 Å². The molecule has 0 aliphatic carbocycles. The minimum atomic E-state index is -1.10. The maximum Gasteiger partial charge on any atom is 0.336 e. The van der Waals surface area contributed by atoms with Crippen molar-refractivity contribution in [1.29, 1.82) is 0 Å². The molecule has 2 heterocycles. The van der Waals surface area contributed by atoms with Crippen LogP contribution in [0.5, 0.6) is 0 Å². The number of carbonyl (C=O) groups excluding carboxylic acids is 1. The molecule has 25 heavy (non-hydrogen) atoms. The molecule has 1 unspecified atom stereocenters. The number of rotatable bonds is 8. The van der Waals surface area contributed by atoms with Crippen molar-refractivity contribution in [2.45, 2.75) is 65.3 Å². The van der Waals surface area contributed by atoms with Gasteiger partial charge in [-0.05, 0) is 25.7 Å². The zero-order chi connectivity index (χ0) is 18.4. The number of halogens is 1. The molecule has 0 saturated carbocycles. The van der Waals surface area contributed by atoms with Gasteiger partial charge in [0.05, 0.1) is 12.1 Å². The van der Waals surface area contributed by atoms with Gasteiger partial charge in [0, 0.05) is 6.61 Å². The molecule has 8 heteroatoms. The van der Waals surface area contributed by atoms with Gasteiger partial charge in [0.2, 0.25) is 5.82 Å². The van der Waals surface area contributed by atoms with Gasteiger partial charge in [0.25, 0.3) is 5.56 Å². The van der Waals surface area contributed by atoms with Gasteiger partial charge < -0.3 is 9.47 Å². The third-order valence-electron chi connectivity index (χ3n) is 4.31. The fourth-order valence-electron chi connectivity index (χ4n) is 3.01. The zero-order valence-corrected chi connectivity index (χ0v) is 14.7. The molecule has 1 fully saturated rings. The van der Waals surface area contributed by atoms with Crippen LogP contribution in [0.25, 0.3) is 0 Å². The normalized spacial score (nSPS) is 17.2. The second-order valence-corrected chi connectivity index (χ2v) is 6.23. The Morgan fingerprint density at radius 2 is 2.04 bits per heavy atom. The highest BCUT2D eigenvalue weighted by molar-refractivity contribution is 5.72. The first-order valence-corrected chi connectivity index (χ1v) is 8.79. The number of hydrogen-bond donors (Lipinski definition) is 0. The van der Waals surface area contributed by atoms with Crippen molar-refractivity contribution in [2.24, 2.45) is 5.92 Å². The quantitative estimate of drug-likeness (QED) is 0.667. The fraction of sp³-hybridized carbons (Fsp3) is 0.706. The van der Waals surface area contributed by atoms with E-state index in [2.05, 4.69) is 0 Å². The predicted octanol–water partition coefficient (Wildman–Crippen LogP) is 2.18. The maximum absolute atomic E-state index is 13.9. The van der Waals surface area contributed by atoms with E-state index < -0.39 is 36.0 Å². The van der Waals surface area contributed by atoms with E-state index >= 15 is 0 Å². The number of hydrogen-bond acceptors (Lipinski definition) is 5. The summed E-state index contributed by atoms with van der Waals surface area (Å²) in [5.41, 5.74) is -1.84. The molecular formula is C17H25FN2O5. The molecule has 0 amide bonds. The Bertz CT molecular complexity index is 700. The zero-order valence-electron chi connectivity index (χ0n) is 14.7. The first-order chi connectivity index (χ1) is 12.0. The predicted molar refractivity (Wildman–Crippen MR) is 88.5 cm³/mol. The van der Waals surface area contributed by atoms with Crippen molar-refractivity contribution in [3.63, 3.8) is 0 Å². The van der Waals surface area contributed by atoms with Gasteiger partial charge in [-0.3, -0.25) is 14.2 Å². The summed E-state index contributed by atoms with van der Waals surface area (Å²) in [6.45, 7) is 3.81. The van der Waals surface area contributed by atoms with Crippen LogP contribution in [0.1, 0.15) is 58.6 Å². The average Bonchev–Trinajstić information content (AvgIpc) is 3.12. The number of esters is 1. The molecule has 0 N–H and O–H groups in total. The highest BCUT2D eigenvalue weighted by Crippen LogP contribution is 2.20. The maximum atomic E-state index is 13.9. The second-order valence-electron chi connectivity index (χ2n) is 6.23. The van der Waals surface area contributed by atoms with Crippen LogP contribution in [0.2, 0.25) is 0 Å². The highest BCUT2D eigenvalue weighted by atomic mass is 19.1. The van der Waals surface area contributed by atoms with Crippen LogP contribution in [0, 0.1) is 11.7 Å². The summed E-state index contributed by atoms with van der Waals surface area (Å²) in [5.74, 6) is -1.83. The molecule has 0 aromatic carbocycles. The first-order valence-electron chi connectivity index (χ1n) is 8.79. The molecule has 1 aromatic rings. The minimum absolute atomic E-state index is 0.278. The van der Waals surface area contributed by atoms with Gasteiger partial charge in [-0.2, -0.15) is 4.39 Å². The van der Waals surface area contributed by atoms with E-state index in [1.807, 2.05) is 13.8 Å². The Morgan fingerprint density at radius 1 is 1.36 bits per heavy atom. The summed E-state index contributed by atoms with van der Waals surface area (Å²) >= 11 is 0. The summed E-state index contributed by atoms with van der Waals surface area (Å²) in [7, 11) is 0. The van der Waals surface area contributed by atoms with Crippen LogP contribution >= 0.6 is 0 Å². The lowest BCUT2D eigenvalue weighted by atomic mass is 9.99. The van der Waals surface area contributed by atoms with E-state index in [0.717, 1.165) is 30.0 Å². The van der Waals surface area contributed by atoms with Gasteiger partial charge in [0.15, 0.2) is 6.73 Å². The Balaban J connectivity index is 2.19. The van der Waals surface area contributed by atoms with Gasteiger partial charge in [0.1, 0.15) is 6.23 Å². The molecule has 1 saturated heterocycles. The highest BCUT2D eigenvalue weighted by Gasteiger charge is 2.23. The van der Waals surface area contributed by atoms with Crippen molar-refractivity contribution in [3.05, 3.63) is 32.9 Å². The molecule has 1 aliphatic rings. The van der Waals surface area contributed by atoms with E-state index in [0.29, 0.717) is 30.4 Å². The van der Waals surface area contributed by atoms with E-state index in [1.165, 1.54) is 0 Å². The summed E-state index contributed by atoms with van der Waals surface area (Å²) in [6.07, 6.45) is 4.56. The molecular weight excluding hydrogens is 331 g/mol. The van der Waals surface area contributed by atoms with Gasteiger partial charge in [-0.1, -0.05) is 26.7 Å². The topological polar surface area (TPSA) is 79.5 Å². The number of nitrogens with zero attached hydrogens (tertiary/aromatic N) is 2. The van der Waals surface area contributed by atoms with Crippen LogP contribution in [-0.2, 0) is 21.0 Å². The molecule has 0 spiro atoms. The summed E-state index contributed by atoms with van der Waals surface area (Å²) < 4.78 is 26.1. The van der Waals surface area contributed by atoms with E-state index in [-0.39, 0.29) is 5.92 Å². The number of carbonyl (C=O) groups is 1. The van der Waals surface area contributed by atoms with Crippen LogP contribution < -0.4 is 11.2 Å². The molecule has 7 nitrogen and oxygen atoms in total. The smallest absolute Gasteiger partial charge is 0.336 e. The number of aromatic nitrogens is 2. The summed E-state index contributed by atoms with van der Waals surface area (Å²) in [4.78, 5) is 36.6. The SMILES string of the molecule is CCCC(CCC)C(=O)OCn1c(=O)c(F)cn(C2CCCO2)c1=O. The van der Waals surface area contributed by atoms with Crippen LogP contribution in [0.3, 0.4) is 0 Å². The first kappa shape index (κ1) is 19.4. The summed E-state index contributed by atoms with van der Waals surface area (Å²) in [5, 5.41) is 0. The van der Waals surface area contributed by atoms with Gasteiger partial charge in [-0.15, -0.1) is 0 Å². The molecule has 140 valence electrons. The van der Waals surface area contributed by atoms with Gasteiger partial charge in [-0.25, -0.2) is 9.36 Å². The average molecular weight is 356 g/mol. The van der Waals surface area contributed by atoms with Crippen molar-refractivity contribution in [1.82, 2.24) is 9.13 Å². The lowest BCUT2D eigenvalue weighted by molar-refractivity contribution is -0.153. The Labute approximate surface area is 145 Å². The Hall–Kier alpha value is -1.96. The Morgan fingerprint density at radius 3 is 2.60 bits per heavy atom. The fourth-order valence-corrected chi connectivity index (χ4v) is 3.01. The second kappa shape index (κ2) is 8.94. The largest absolute Gasteiger partial charge is 0.443 e. The van der Waals surface area contributed by atoms with Crippen LogP contribution in [0.4, 0.5) is 4.39 Å². The standard InChI is InChI=1S/C17H25FN2O5/c1-3-6-12(7-4-2)16(22)25-11-20-15(21)13(18)10-19(17(20)23)14-8-5-9-24-14/h10,12,14H,3-9,11H2,1-2H3. The molecule has 0 radical (unpaired) electrons. The molecule has 1 atom stereocenters. The van der Waals surface area contributed by atoms with E-state index in [9.17, 15) is 18.8 Å². The van der Waals surface area contributed by atoms with Crippen molar-refractivity contribution in [2.75, 3.05) is 6.61 Å². The molecule has 1 aromatic heterocycles. The third-order valence-corrected chi connectivity index (χ3v) is 4.31. The third kappa shape index (κ3) is 4.56.